The molecule has 1 aliphatic heterocycles. The molecule has 0 aromatic heterocycles. The summed E-state index contributed by atoms with van der Waals surface area (Å²) >= 11 is 1.47. The van der Waals surface area contributed by atoms with Crippen molar-refractivity contribution in [2.24, 2.45) is 0 Å². The summed E-state index contributed by atoms with van der Waals surface area (Å²) in [5, 5.41) is 13.1. The molecule has 1 aliphatic rings. The van der Waals surface area contributed by atoms with E-state index in [2.05, 4.69) is 5.32 Å². The molecule has 0 radical (unpaired) electrons. The molecular weight excluding hydrogens is 452 g/mol. The number of nitrogens with zero attached hydrogens (tertiary/aromatic N) is 1. The van der Waals surface area contributed by atoms with Crippen LogP contribution in [0, 0.1) is 0 Å². The molecule has 3 atom stereocenters. The third-order valence-electron chi connectivity index (χ3n) is 5.78. The first-order chi connectivity index (χ1) is 16.5. The SMILES string of the molecule is O=C[C@H](CC(=O)O)NC(=O)[C@@H]1CSC(c2ccccc2)N1C(=O)Cc1cccc2ccccc12. The van der Waals surface area contributed by atoms with Gasteiger partial charge in [-0.15, -0.1) is 11.8 Å². The van der Waals surface area contributed by atoms with Gasteiger partial charge in [0.05, 0.1) is 18.9 Å². The van der Waals surface area contributed by atoms with Crippen LogP contribution in [0.3, 0.4) is 0 Å². The van der Waals surface area contributed by atoms with Crippen molar-refractivity contribution in [3.8, 4) is 0 Å². The Morgan fingerprint density at radius 2 is 1.74 bits per heavy atom. The quantitative estimate of drug-likeness (QED) is 0.484. The Bertz CT molecular complexity index is 1210. The summed E-state index contributed by atoms with van der Waals surface area (Å²) in [5.74, 6) is -1.60. The molecule has 7 nitrogen and oxygen atoms in total. The molecule has 0 spiro atoms. The third kappa shape index (κ3) is 5.12. The molecule has 3 aromatic carbocycles. The zero-order valence-corrected chi connectivity index (χ0v) is 19.1. The number of carbonyl (C=O) groups is 4. The number of carboxylic acid groups (broad SMARTS) is 1. The molecular formula is C26H24N2O5S. The zero-order valence-electron chi connectivity index (χ0n) is 18.3. The van der Waals surface area contributed by atoms with Gasteiger partial charge in [-0.25, -0.2) is 0 Å². The first-order valence-electron chi connectivity index (χ1n) is 10.9. The Balaban J connectivity index is 1.63. The van der Waals surface area contributed by atoms with E-state index in [1.807, 2.05) is 72.8 Å². The number of aldehydes is 1. The van der Waals surface area contributed by atoms with Crippen molar-refractivity contribution >= 4 is 46.6 Å². The summed E-state index contributed by atoms with van der Waals surface area (Å²) in [6, 6.07) is 21.1. The second-order valence-electron chi connectivity index (χ2n) is 8.08. The number of nitrogens with one attached hydrogen (secondary N) is 1. The van der Waals surface area contributed by atoms with Crippen LogP contribution in [0.4, 0.5) is 0 Å². The smallest absolute Gasteiger partial charge is 0.305 e. The standard InChI is InChI=1S/C26H24N2O5S/c29-15-20(14-24(31)32)27-25(33)22-16-34-26(18-8-2-1-3-9-18)28(22)23(30)13-19-11-6-10-17-7-4-5-12-21(17)19/h1-12,15,20,22,26H,13-14,16H2,(H,27,33)(H,31,32)/t20-,22-,26?/m0/s1. The lowest BCUT2D eigenvalue weighted by Gasteiger charge is -2.30. The van der Waals surface area contributed by atoms with Crippen molar-refractivity contribution in [1.29, 1.82) is 0 Å². The highest BCUT2D eigenvalue weighted by atomic mass is 32.2. The molecule has 0 aliphatic carbocycles. The lowest BCUT2D eigenvalue weighted by Crippen LogP contribution is -2.51. The van der Waals surface area contributed by atoms with E-state index in [9.17, 15) is 19.2 Å². The van der Waals surface area contributed by atoms with E-state index in [0.29, 0.717) is 12.0 Å². The lowest BCUT2D eigenvalue weighted by atomic mass is 10.0. The van der Waals surface area contributed by atoms with Gasteiger partial charge in [-0.1, -0.05) is 72.8 Å². The van der Waals surface area contributed by atoms with Crippen LogP contribution in [0.15, 0.2) is 72.8 Å². The number of hydrogen-bond acceptors (Lipinski definition) is 5. The van der Waals surface area contributed by atoms with Gasteiger partial charge in [0, 0.05) is 5.75 Å². The number of aliphatic carboxylic acids is 1. The summed E-state index contributed by atoms with van der Waals surface area (Å²) in [6.07, 6.45) is 0.00743. The Kier molecular flexibility index (Phi) is 7.27. The summed E-state index contributed by atoms with van der Waals surface area (Å²) in [5.41, 5.74) is 1.76. The van der Waals surface area contributed by atoms with Crippen molar-refractivity contribution in [3.63, 3.8) is 0 Å². The van der Waals surface area contributed by atoms with Crippen molar-refractivity contribution in [3.05, 3.63) is 83.9 Å². The monoisotopic (exact) mass is 476 g/mol. The maximum atomic E-state index is 13.7. The maximum Gasteiger partial charge on any atom is 0.305 e. The van der Waals surface area contributed by atoms with Crippen molar-refractivity contribution in [1.82, 2.24) is 10.2 Å². The molecule has 174 valence electrons. The largest absolute Gasteiger partial charge is 0.481 e. The highest BCUT2D eigenvalue weighted by Crippen LogP contribution is 2.42. The van der Waals surface area contributed by atoms with Crippen LogP contribution in [0.25, 0.3) is 10.8 Å². The maximum absolute atomic E-state index is 13.7. The second-order valence-corrected chi connectivity index (χ2v) is 9.19. The van der Waals surface area contributed by atoms with E-state index in [4.69, 9.17) is 5.11 Å². The Morgan fingerprint density at radius 3 is 2.47 bits per heavy atom. The Hall–Kier alpha value is -3.65. The first-order valence-corrected chi connectivity index (χ1v) is 11.9. The number of fused-ring (bicyclic) bond motifs is 1. The van der Waals surface area contributed by atoms with Gasteiger partial charge in [0.25, 0.3) is 0 Å². The van der Waals surface area contributed by atoms with Crippen molar-refractivity contribution < 1.29 is 24.3 Å². The molecule has 2 amide bonds. The van der Waals surface area contributed by atoms with Crippen LogP contribution in [-0.2, 0) is 25.6 Å². The van der Waals surface area contributed by atoms with Gasteiger partial charge in [-0.3, -0.25) is 14.4 Å². The predicted molar refractivity (Wildman–Crippen MR) is 130 cm³/mol. The fourth-order valence-corrected chi connectivity index (χ4v) is 5.64. The molecule has 1 unspecified atom stereocenters. The van der Waals surface area contributed by atoms with E-state index in [0.717, 1.165) is 21.9 Å². The molecule has 2 N–H and O–H groups in total. The van der Waals surface area contributed by atoms with Crippen LogP contribution in [-0.4, -0.2) is 51.9 Å². The number of hydrogen-bond donors (Lipinski definition) is 2. The van der Waals surface area contributed by atoms with E-state index < -0.39 is 30.4 Å². The first kappa shape index (κ1) is 23.5. The van der Waals surface area contributed by atoms with E-state index >= 15 is 0 Å². The van der Waals surface area contributed by atoms with Crippen LogP contribution < -0.4 is 5.32 Å². The predicted octanol–water partition coefficient (Wildman–Crippen LogP) is 3.18. The van der Waals surface area contributed by atoms with Crippen LogP contribution in [0.1, 0.15) is 22.9 Å². The van der Waals surface area contributed by atoms with Gasteiger partial charge >= 0.3 is 5.97 Å². The molecule has 0 bridgehead atoms. The number of amides is 2. The van der Waals surface area contributed by atoms with Crippen LogP contribution >= 0.6 is 11.8 Å². The number of carbonyl (C=O) groups excluding carboxylic acids is 3. The van der Waals surface area contributed by atoms with E-state index in [-0.39, 0.29) is 17.7 Å². The fraction of sp³-hybridized carbons (Fsp3) is 0.231. The summed E-state index contributed by atoms with van der Waals surface area (Å²) in [7, 11) is 0. The normalized spacial score (nSPS) is 18.4. The van der Waals surface area contributed by atoms with Crippen molar-refractivity contribution in [2.75, 3.05) is 5.75 Å². The molecule has 0 saturated carbocycles. The summed E-state index contributed by atoms with van der Waals surface area (Å²) in [6.45, 7) is 0. The molecule has 8 heteroatoms. The lowest BCUT2D eigenvalue weighted by molar-refractivity contribution is -0.141. The minimum atomic E-state index is -1.19. The number of carboxylic acids is 1. The van der Waals surface area contributed by atoms with Gasteiger partial charge in [-0.05, 0) is 21.9 Å². The summed E-state index contributed by atoms with van der Waals surface area (Å²) < 4.78 is 0. The molecule has 34 heavy (non-hydrogen) atoms. The summed E-state index contributed by atoms with van der Waals surface area (Å²) in [4.78, 5) is 50.6. The average molecular weight is 477 g/mol. The minimum Gasteiger partial charge on any atom is -0.481 e. The topological polar surface area (TPSA) is 104 Å². The molecule has 3 aromatic rings. The fourth-order valence-electron chi connectivity index (χ4n) is 4.19. The highest BCUT2D eigenvalue weighted by Gasteiger charge is 2.42. The average Bonchev–Trinajstić information content (AvgIpc) is 3.30. The van der Waals surface area contributed by atoms with Crippen LogP contribution in [0.5, 0.6) is 0 Å². The number of benzene rings is 3. The van der Waals surface area contributed by atoms with Crippen LogP contribution in [0.2, 0.25) is 0 Å². The Morgan fingerprint density at radius 1 is 1.03 bits per heavy atom. The highest BCUT2D eigenvalue weighted by molar-refractivity contribution is 7.99. The van der Waals surface area contributed by atoms with Gasteiger partial charge in [0.2, 0.25) is 11.8 Å². The molecule has 1 fully saturated rings. The molecule has 1 saturated heterocycles. The van der Waals surface area contributed by atoms with E-state index in [1.165, 1.54) is 11.8 Å². The zero-order chi connectivity index (χ0) is 24.1. The van der Waals surface area contributed by atoms with Gasteiger partial charge in [0.1, 0.15) is 17.7 Å². The third-order valence-corrected chi connectivity index (χ3v) is 7.11. The minimum absolute atomic E-state index is 0.112. The second kappa shape index (κ2) is 10.5. The number of thioether (sulfide) groups is 1. The van der Waals surface area contributed by atoms with Gasteiger partial charge < -0.3 is 20.1 Å². The number of rotatable bonds is 8. The molecule has 1 heterocycles. The van der Waals surface area contributed by atoms with Gasteiger partial charge in [-0.2, -0.15) is 0 Å². The molecule has 4 rings (SSSR count). The van der Waals surface area contributed by atoms with E-state index in [1.54, 1.807) is 4.90 Å². The van der Waals surface area contributed by atoms with Gasteiger partial charge in [0.15, 0.2) is 0 Å². The Labute approximate surface area is 201 Å². The van der Waals surface area contributed by atoms with Crippen molar-refractivity contribution in [2.45, 2.75) is 30.3 Å².